The maximum Gasteiger partial charge on any atom is 0.459 e. The molecule has 0 aliphatic rings. The van der Waals surface area contributed by atoms with E-state index in [0.717, 1.165) is 0 Å². The number of hydrogen-bond donors (Lipinski definition) is 1. The topological polar surface area (TPSA) is 46.2 Å². The zero-order chi connectivity index (χ0) is 10.5. The van der Waals surface area contributed by atoms with Crippen molar-refractivity contribution in [2.24, 2.45) is 5.92 Å². The van der Waals surface area contributed by atoms with E-state index in [0.29, 0.717) is 0 Å². The van der Waals surface area contributed by atoms with Gasteiger partial charge in [0.15, 0.2) is 0 Å². The van der Waals surface area contributed by atoms with Crippen molar-refractivity contribution >= 4 is 17.6 Å². The van der Waals surface area contributed by atoms with Crippen LogP contribution in [-0.4, -0.2) is 24.9 Å². The van der Waals surface area contributed by atoms with Gasteiger partial charge in [-0.1, -0.05) is 0 Å². The van der Waals surface area contributed by atoms with Crippen molar-refractivity contribution in [2.45, 2.75) is 12.6 Å². The van der Waals surface area contributed by atoms with Crippen LogP contribution in [0.5, 0.6) is 0 Å². The molecule has 13 heavy (non-hydrogen) atoms. The lowest BCUT2D eigenvalue weighted by molar-refractivity contribution is -0.172. The maximum absolute atomic E-state index is 12.1. The van der Waals surface area contributed by atoms with E-state index in [-0.39, 0.29) is 11.7 Å². The molecule has 0 rings (SSSR count). The van der Waals surface area contributed by atoms with E-state index in [2.05, 4.69) is 5.32 Å². The van der Waals surface area contributed by atoms with E-state index in [1.807, 2.05) is 0 Å². The highest BCUT2D eigenvalue weighted by Crippen LogP contribution is 2.28. The van der Waals surface area contributed by atoms with Gasteiger partial charge in [0.2, 0.25) is 11.7 Å². The second-order valence-electron chi connectivity index (χ2n) is 2.40. The fourth-order valence-electron chi connectivity index (χ4n) is 0.677. The van der Waals surface area contributed by atoms with Gasteiger partial charge in [-0.2, -0.15) is 13.2 Å². The zero-order valence-electron chi connectivity index (χ0n) is 6.85. The first-order chi connectivity index (χ1) is 5.91. The average Bonchev–Trinajstić information content (AvgIpc) is 2.01. The summed E-state index contributed by atoms with van der Waals surface area (Å²) in [6, 6.07) is 0. The molecule has 0 spiro atoms. The van der Waals surface area contributed by atoms with E-state index in [4.69, 9.17) is 0 Å². The van der Waals surface area contributed by atoms with Gasteiger partial charge in [-0.15, -0.1) is 0 Å². The molecule has 7 heteroatoms. The molecule has 1 atom stereocenters. The van der Waals surface area contributed by atoms with Crippen molar-refractivity contribution in [3.8, 4) is 0 Å². The van der Waals surface area contributed by atoms with Crippen molar-refractivity contribution in [3.05, 3.63) is 0 Å². The van der Waals surface area contributed by atoms with Crippen LogP contribution in [-0.2, 0) is 20.7 Å². The molecule has 0 aromatic rings. The Morgan fingerprint density at radius 1 is 1.54 bits per heavy atom. The van der Waals surface area contributed by atoms with Crippen LogP contribution in [0.3, 0.4) is 0 Å². The van der Waals surface area contributed by atoms with Gasteiger partial charge in [0.25, 0.3) is 0 Å². The first kappa shape index (κ1) is 12.3. The Morgan fingerprint density at radius 2 is 2.08 bits per heavy atom. The number of halogens is 3. The molecular weight excluding hydrogens is 207 g/mol. The molecule has 3 nitrogen and oxygen atoms in total. The molecule has 0 radical (unpaired) electrons. The summed E-state index contributed by atoms with van der Waals surface area (Å²) in [4.78, 5) is 10.6. The van der Waals surface area contributed by atoms with Crippen molar-refractivity contribution in [1.82, 2.24) is 5.32 Å². The van der Waals surface area contributed by atoms with Gasteiger partial charge in [0.05, 0.1) is 0 Å². The van der Waals surface area contributed by atoms with Gasteiger partial charge in [0, 0.05) is 17.7 Å². The Labute approximate surface area is 77.2 Å². The Kier molecular flexibility index (Phi) is 4.82. The Bertz CT molecular complexity index is 195. The van der Waals surface area contributed by atoms with Crippen molar-refractivity contribution in [1.29, 1.82) is 0 Å². The Hall–Kier alpha value is -0.720. The minimum atomic E-state index is -4.48. The standard InChI is InChI=1S/C6H8F3NO2S/c1-10-5(11)2-4(3-13-12)6(7,8)9/h4H,2-3H2,1H3/p+1. The number of alkyl halides is 3. The molecule has 1 unspecified atom stereocenters. The van der Waals surface area contributed by atoms with Gasteiger partial charge in [-0.25, -0.2) is 0 Å². The fourth-order valence-corrected chi connectivity index (χ4v) is 1.15. The molecule has 0 aliphatic heterocycles. The lowest BCUT2D eigenvalue weighted by Gasteiger charge is -2.12. The molecule has 0 aromatic carbocycles. The molecular formula is C6H9F3NO2S+. The van der Waals surface area contributed by atoms with Gasteiger partial charge in [-0.3, -0.25) is 4.79 Å². The van der Waals surface area contributed by atoms with E-state index in [1.54, 1.807) is 0 Å². The number of amides is 1. The van der Waals surface area contributed by atoms with Crippen LogP contribution in [0.4, 0.5) is 13.2 Å². The second-order valence-corrected chi connectivity index (χ2v) is 2.97. The zero-order valence-corrected chi connectivity index (χ0v) is 7.67. The Balaban J connectivity index is 4.26. The summed E-state index contributed by atoms with van der Waals surface area (Å²) >= 11 is -0.161. The largest absolute Gasteiger partial charge is 0.459 e. The first-order valence-corrected chi connectivity index (χ1v) is 4.35. The summed E-state index contributed by atoms with van der Waals surface area (Å²) in [6.07, 6.45) is -5.17. The summed E-state index contributed by atoms with van der Waals surface area (Å²) in [5.41, 5.74) is 0. The number of carbonyl (C=O) groups excluding carboxylic acids is 1. The van der Waals surface area contributed by atoms with Gasteiger partial charge in [0.1, 0.15) is 5.92 Å². The molecule has 76 valence electrons. The van der Waals surface area contributed by atoms with Crippen LogP contribution in [0.1, 0.15) is 6.42 Å². The highest BCUT2D eigenvalue weighted by Gasteiger charge is 2.44. The van der Waals surface area contributed by atoms with E-state index >= 15 is 0 Å². The monoisotopic (exact) mass is 216 g/mol. The fraction of sp³-hybridized carbons (Fsp3) is 0.833. The van der Waals surface area contributed by atoms with Crippen molar-refractivity contribution in [2.75, 3.05) is 12.8 Å². The Morgan fingerprint density at radius 3 is 2.38 bits per heavy atom. The summed E-state index contributed by atoms with van der Waals surface area (Å²) in [6.45, 7) is 0. The molecule has 1 amide bonds. The molecule has 0 saturated heterocycles. The number of nitrogens with one attached hydrogen (secondary N) is 1. The van der Waals surface area contributed by atoms with Crippen molar-refractivity contribution < 1.29 is 22.2 Å². The SMILES string of the molecule is CNC(=O)CC(C[S+]=O)C(F)(F)F. The molecule has 0 aliphatic carbocycles. The summed E-state index contributed by atoms with van der Waals surface area (Å²) in [5.74, 6) is -3.19. The van der Waals surface area contributed by atoms with Crippen LogP contribution in [0, 0.1) is 5.92 Å². The van der Waals surface area contributed by atoms with Crippen molar-refractivity contribution in [3.63, 3.8) is 0 Å². The molecule has 0 aromatic heterocycles. The number of carbonyl (C=O) groups is 1. The van der Waals surface area contributed by atoms with Crippen LogP contribution in [0.15, 0.2) is 0 Å². The molecule has 0 heterocycles. The quantitative estimate of drug-likeness (QED) is 0.704. The minimum Gasteiger partial charge on any atom is -0.359 e. The second kappa shape index (κ2) is 5.11. The van der Waals surface area contributed by atoms with E-state index in [1.165, 1.54) is 7.05 Å². The third-order valence-corrected chi connectivity index (χ3v) is 1.98. The maximum atomic E-state index is 12.1. The van der Waals surface area contributed by atoms with Crippen LogP contribution >= 0.6 is 0 Å². The molecule has 0 fully saturated rings. The van der Waals surface area contributed by atoms with E-state index < -0.39 is 30.2 Å². The third kappa shape index (κ3) is 4.76. The average molecular weight is 216 g/mol. The lowest BCUT2D eigenvalue weighted by atomic mass is 10.1. The van der Waals surface area contributed by atoms with E-state index in [9.17, 15) is 22.2 Å². The normalized spacial score (nSPS) is 13.5. The molecule has 1 N–H and O–H groups in total. The predicted molar refractivity (Wildman–Crippen MR) is 41.1 cm³/mol. The smallest absolute Gasteiger partial charge is 0.359 e. The summed E-state index contributed by atoms with van der Waals surface area (Å²) in [5, 5.41) is 2.08. The first-order valence-electron chi connectivity index (χ1n) is 3.44. The van der Waals surface area contributed by atoms with Gasteiger partial charge < -0.3 is 5.32 Å². The van der Waals surface area contributed by atoms with Crippen LogP contribution in [0.2, 0.25) is 0 Å². The molecule has 0 bridgehead atoms. The number of rotatable bonds is 4. The van der Waals surface area contributed by atoms with Crippen LogP contribution in [0.25, 0.3) is 0 Å². The molecule has 0 saturated carbocycles. The highest BCUT2D eigenvalue weighted by atomic mass is 32.1. The van der Waals surface area contributed by atoms with Gasteiger partial charge in [-0.05, 0) is 0 Å². The summed E-state index contributed by atoms with van der Waals surface area (Å²) in [7, 11) is 1.25. The number of hydrogen-bond acceptors (Lipinski definition) is 2. The van der Waals surface area contributed by atoms with Gasteiger partial charge >= 0.3 is 17.8 Å². The van der Waals surface area contributed by atoms with Crippen LogP contribution < -0.4 is 5.32 Å². The third-order valence-electron chi connectivity index (χ3n) is 1.44. The minimum absolute atomic E-state index is 0.161. The predicted octanol–water partition coefficient (Wildman–Crippen LogP) is 0.729. The lowest BCUT2D eigenvalue weighted by Crippen LogP contribution is -2.32. The summed E-state index contributed by atoms with van der Waals surface area (Å²) < 4.78 is 46.2. The highest BCUT2D eigenvalue weighted by molar-refractivity contribution is 7.65.